The summed E-state index contributed by atoms with van der Waals surface area (Å²) >= 11 is 0. The Morgan fingerprint density at radius 3 is 2.47 bits per heavy atom. The molecule has 0 aliphatic carbocycles. The molecule has 0 bridgehead atoms. The van der Waals surface area contributed by atoms with Gasteiger partial charge >= 0.3 is 12.1 Å². The zero-order valence-electron chi connectivity index (χ0n) is 20.9. The van der Waals surface area contributed by atoms with Crippen molar-refractivity contribution in [1.29, 1.82) is 0 Å². The van der Waals surface area contributed by atoms with Gasteiger partial charge in [0.2, 0.25) is 5.88 Å². The van der Waals surface area contributed by atoms with Gasteiger partial charge in [-0.1, -0.05) is 0 Å². The van der Waals surface area contributed by atoms with E-state index < -0.39 is 17.7 Å². The van der Waals surface area contributed by atoms with E-state index in [1.54, 1.807) is 13.1 Å². The van der Waals surface area contributed by atoms with E-state index in [1.807, 2.05) is 4.68 Å². The van der Waals surface area contributed by atoms with Crippen LogP contribution in [-0.4, -0.2) is 62.3 Å². The highest BCUT2D eigenvalue weighted by Crippen LogP contribution is 2.32. The Labute approximate surface area is 216 Å². The molecular weight excluding hydrogens is 503 g/mol. The van der Waals surface area contributed by atoms with Gasteiger partial charge in [0.05, 0.1) is 37.2 Å². The lowest BCUT2D eigenvalue weighted by atomic mass is 9.96. The molecule has 4 aromatic rings. The number of nitrogens with zero attached hydrogens (tertiary/aromatic N) is 7. The number of benzene rings is 1. The fraction of sp³-hybridized carbons (Fsp3) is 0.400. The second-order valence-electron chi connectivity index (χ2n) is 8.96. The predicted octanol–water partition coefficient (Wildman–Crippen LogP) is 4.13. The van der Waals surface area contributed by atoms with Crippen molar-refractivity contribution in [2.75, 3.05) is 31.7 Å². The molecule has 1 aliphatic rings. The van der Waals surface area contributed by atoms with Gasteiger partial charge in [-0.15, -0.1) is 0 Å². The third-order valence-corrected chi connectivity index (χ3v) is 6.54. The maximum absolute atomic E-state index is 12.9. The Balaban J connectivity index is 1.28. The highest BCUT2D eigenvalue weighted by atomic mass is 19.4. The van der Waals surface area contributed by atoms with Gasteiger partial charge in [-0.25, -0.2) is 14.5 Å². The molecule has 200 valence electrons. The maximum Gasteiger partial charge on any atom is 0.416 e. The number of hydrogen-bond acceptors (Lipinski definition) is 8. The Morgan fingerprint density at radius 2 is 1.82 bits per heavy atom. The van der Waals surface area contributed by atoms with Gasteiger partial charge < -0.3 is 14.4 Å². The zero-order chi connectivity index (χ0) is 26.9. The summed E-state index contributed by atoms with van der Waals surface area (Å²) in [6.07, 6.45) is 1.89. The molecular formula is C25H26F3N7O3. The first-order valence-corrected chi connectivity index (χ1v) is 12.2. The van der Waals surface area contributed by atoms with Gasteiger partial charge in [-0.2, -0.15) is 28.4 Å². The summed E-state index contributed by atoms with van der Waals surface area (Å²) in [6, 6.07) is 5.30. The number of methoxy groups -OCH3 is 1. The molecule has 0 spiro atoms. The first-order chi connectivity index (χ1) is 18.3. The van der Waals surface area contributed by atoms with Gasteiger partial charge in [0, 0.05) is 31.5 Å². The van der Waals surface area contributed by atoms with Crippen LogP contribution < -0.4 is 9.64 Å². The molecule has 1 aliphatic heterocycles. The van der Waals surface area contributed by atoms with Crippen LogP contribution in [-0.2, 0) is 17.5 Å². The van der Waals surface area contributed by atoms with Crippen molar-refractivity contribution < 1.29 is 27.4 Å². The van der Waals surface area contributed by atoms with E-state index in [0.717, 1.165) is 43.8 Å². The number of fused-ring (bicyclic) bond motifs is 1. The van der Waals surface area contributed by atoms with E-state index >= 15 is 0 Å². The second-order valence-corrected chi connectivity index (χ2v) is 8.96. The number of hydrogen-bond donors (Lipinski definition) is 0. The van der Waals surface area contributed by atoms with E-state index in [1.165, 1.54) is 36.3 Å². The van der Waals surface area contributed by atoms with E-state index in [9.17, 15) is 18.0 Å². The number of halogens is 3. The standard InChI is InChI=1S/C25H26F3N7O3/c1-3-38-23(36)17-12-29-35(15-17)24-31-20-13-30-34(21(20)22(32-24)37-2)14-16-8-10-33(11-9-16)19-6-4-18(5-7-19)25(26,27)28/h4-7,12-13,15-16H,3,8-11,14H2,1-2H3. The third kappa shape index (κ3) is 5.13. The van der Waals surface area contributed by atoms with Crippen LogP contribution in [0.25, 0.3) is 17.0 Å². The number of ether oxygens (including phenoxy) is 2. The molecule has 3 aromatic heterocycles. The molecule has 13 heteroatoms. The first kappa shape index (κ1) is 25.5. The van der Waals surface area contributed by atoms with Crippen LogP contribution in [0.2, 0.25) is 0 Å². The van der Waals surface area contributed by atoms with Gasteiger partial charge in [-0.05, 0) is 49.9 Å². The lowest BCUT2D eigenvalue weighted by Crippen LogP contribution is -2.35. The highest BCUT2D eigenvalue weighted by Gasteiger charge is 2.30. The molecule has 1 fully saturated rings. The fourth-order valence-corrected chi connectivity index (χ4v) is 4.57. The normalized spacial score (nSPS) is 14.7. The van der Waals surface area contributed by atoms with Crippen molar-refractivity contribution in [3.63, 3.8) is 0 Å². The number of carbonyl (C=O) groups excluding carboxylic acids is 1. The highest BCUT2D eigenvalue weighted by molar-refractivity contribution is 5.88. The molecule has 1 saturated heterocycles. The van der Waals surface area contributed by atoms with Gasteiger partial charge in [0.15, 0.2) is 0 Å². The SMILES string of the molecule is CCOC(=O)c1cnn(-c2nc(OC)c3c(cnn3CC3CCN(c4ccc(C(F)(F)F)cc4)CC3)n2)c1. The van der Waals surface area contributed by atoms with Crippen LogP contribution >= 0.6 is 0 Å². The topological polar surface area (TPSA) is 100 Å². The van der Waals surface area contributed by atoms with Gasteiger partial charge in [-0.3, -0.25) is 4.68 Å². The molecule has 0 unspecified atom stereocenters. The van der Waals surface area contributed by atoms with Crippen molar-refractivity contribution >= 4 is 22.7 Å². The molecule has 1 aromatic carbocycles. The van der Waals surface area contributed by atoms with E-state index in [4.69, 9.17) is 9.47 Å². The number of anilines is 1. The summed E-state index contributed by atoms with van der Waals surface area (Å²) in [6.45, 7) is 4.07. The van der Waals surface area contributed by atoms with E-state index in [-0.39, 0.29) is 18.1 Å². The number of esters is 1. The Kier molecular flexibility index (Phi) is 6.91. The monoisotopic (exact) mass is 529 g/mol. The molecule has 0 radical (unpaired) electrons. The van der Waals surface area contributed by atoms with Crippen molar-refractivity contribution in [1.82, 2.24) is 29.5 Å². The van der Waals surface area contributed by atoms with Gasteiger partial charge in [0.25, 0.3) is 5.95 Å². The second kappa shape index (κ2) is 10.3. The van der Waals surface area contributed by atoms with Crippen molar-refractivity contribution in [3.05, 3.63) is 54.0 Å². The molecule has 0 N–H and O–H groups in total. The summed E-state index contributed by atoms with van der Waals surface area (Å²) in [7, 11) is 1.51. The number of aromatic nitrogens is 6. The van der Waals surface area contributed by atoms with E-state index in [0.29, 0.717) is 29.4 Å². The Morgan fingerprint density at radius 1 is 1.08 bits per heavy atom. The Bertz CT molecular complexity index is 1420. The van der Waals surface area contributed by atoms with Crippen molar-refractivity contribution in [2.45, 2.75) is 32.5 Å². The van der Waals surface area contributed by atoms with Crippen molar-refractivity contribution in [3.8, 4) is 11.8 Å². The Hall–Kier alpha value is -4.16. The van der Waals surface area contributed by atoms with E-state index in [2.05, 4.69) is 25.1 Å². The minimum Gasteiger partial charge on any atom is -0.479 e. The third-order valence-electron chi connectivity index (χ3n) is 6.54. The number of piperidine rings is 1. The zero-order valence-corrected chi connectivity index (χ0v) is 20.9. The van der Waals surface area contributed by atoms with Crippen molar-refractivity contribution in [2.24, 2.45) is 5.92 Å². The molecule has 0 amide bonds. The molecule has 38 heavy (non-hydrogen) atoms. The van der Waals surface area contributed by atoms with Gasteiger partial charge in [0.1, 0.15) is 11.0 Å². The molecule has 10 nitrogen and oxygen atoms in total. The largest absolute Gasteiger partial charge is 0.479 e. The quantitative estimate of drug-likeness (QED) is 0.330. The summed E-state index contributed by atoms with van der Waals surface area (Å²) in [5, 5.41) is 8.68. The van der Waals surface area contributed by atoms with Crippen LogP contribution in [0.5, 0.6) is 5.88 Å². The molecule has 4 heterocycles. The maximum atomic E-state index is 12.9. The summed E-state index contributed by atoms with van der Waals surface area (Å²) in [4.78, 5) is 23.1. The van der Waals surface area contributed by atoms with Crippen LogP contribution in [0.3, 0.4) is 0 Å². The first-order valence-electron chi connectivity index (χ1n) is 12.2. The smallest absolute Gasteiger partial charge is 0.416 e. The molecule has 0 saturated carbocycles. The minimum atomic E-state index is -4.34. The lowest BCUT2D eigenvalue weighted by Gasteiger charge is -2.33. The summed E-state index contributed by atoms with van der Waals surface area (Å²) < 4.78 is 52.3. The predicted molar refractivity (Wildman–Crippen MR) is 131 cm³/mol. The minimum absolute atomic E-state index is 0.231. The van der Waals surface area contributed by atoms with Crippen LogP contribution in [0, 0.1) is 5.92 Å². The number of rotatable bonds is 7. The lowest BCUT2D eigenvalue weighted by molar-refractivity contribution is -0.137. The van der Waals surface area contributed by atoms with Crippen LogP contribution in [0.15, 0.2) is 42.9 Å². The number of carbonyl (C=O) groups is 1. The van der Waals surface area contributed by atoms with Crippen LogP contribution in [0.4, 0.5) is 18.9 Å². The molecule has 5 rings (SSSR count). The summed E-state index contributed by atoms with van der Waals surface area (Å²) in [5.41, 5.74) is 1.65. The van der Waals surface area contributed by atoms with Crippen LogP contribution in [0.1, 0.15) is 35.7 Å². The summed E-state index contributed by atoms with van der Waals surface area (Å²) in [5.74, 6) is 0.391. The molecule has 0 atom stereocenters. The average Bonchev–Trinajstić information content (AvgIpc) is 3.56. The fourth-order valence-electron chi connectivity index (χ4n) is 4.57. The number of alkyl halides is 3. The average molecular weight is 530 g/mol.